The van der Waals surface area contributed by atoms with Crippen molar-refractivity contribution in [1.82, 2.24) is 0 Å². The Morgan fingerprint density at radius 1 is 1.44 bits per heavy atom. The molecule has 0 saturated carbocycles. The minimum atomic E-state index is -0.583. The molecule has 0 spiro atoms. The van der Waals surface area contributed by atoms with Crippen molar-refractivity contribution in [3.8, 4) is 5.75 Å². The van der Waals surface area contributed by atoms with Crippen LogP contribution in [0.3, 0.4) is 0 Å². The van der Waals surface area contributed by atoms with Crippen molar-refractivity contribution in [3.05, 3.63) is 29.8 Å². The van der Waals surface area contributed by atoms with E-state index in [1.807, 2.05) is 31.2 Å². The average molecular weight is 251 g/mol. The summed E-state index contributed by atoms with van der Waals surface area (Å²) in [5, 5.41) is 10.5. The summed E-state index contributed by atoms with van der Waals surface area (Å²) in [6, 6.07) is 7.54. The van der Waals surface area contributed by atoms with Crippen LogP contribution >= 0.6 is 0 Å². The highest BCUT2D eigenvalue weighted by molar-refractivity contribution is 5.29. The van der Waals surface area contributed by atoms with Gasteiger partial charge in [-0.1, -0.05) is 12.1 Å². The normalized spacial score (nSPS) is 25.1. The summed E-state index contributed by atoms with van der Waals surface area (Å²) in [5.74, 6) is 0.818. The van der Waals surface area contributed by atoms with E-state index in [0.29, 0.717) is 26.4 Å². The molecule has 1 fully saturated rings. The van der Waals surface area contributed by atoms with Gasteiger partial charge in [-0.15, -0.1) is 0 Å². The number of rotatable bonds is 5. The molecule has 1 heterocycles. The lowest BCUT2D eigenvalue weighted by atomic mass is 9.78. The zero-order valence-corrected chi connectivity index (χ0v) is 10.8. The highest BCUT2D eigenvalue weighted by Gasteiger charge is 2.41. The second kappa shape index (κ2) is 5.69. The first-order valence-electron chi connectivity index (χ1n) is 6.40. The Morgan fingerprint density at radius 3 is 2.67 bits per heavy atom. The summed E-state index contributed by atoms with van der Waals surface area (Å²) in [6.45, 7) is 4.22. The molecule has 1 aliphatic heterocycles. The number of hydrogen-bond donors (Lipinski definition) is 2. The second-order valence-electron chi connectivity index (χ2n) is 4.77. The monoisotopic (exact) mass is 251 g/mol. The van der Waals surface area contributed by atoms with Gasteiger partial charge >= 0.3 is 0 Å². The van der Waals surface area contributed by atoms with Crippen molar-refractivity contribution in [2.24, 2.45) is 11.1 Å². The summed E-state index contributed by atoms with van der Waals surface area (Å²) < 4.78 is 10.8. The molecule has 0 radical (unpaired) electrons. The molecule has 0 aromatic heterocycles. The van der Waals surface area contributed by atoms with Gasteiger partial charge < -0.3 is 20.3 Å². The van der Waals surface area contributed by atoms with Crippen LogP contribution in [-0.2, 0) is 4.74 Å². The van der Waals surface area contributed by atoms with Crippen molar-refractivity contribution in [1.29, 1.82) is 0 Å². The minimum absolute atomic E-state index is 0.340. The van der Waals surface area contributed by atoms with Crippen molar-refractivity contribution < 1.29 is 14.6 Å². The molecule has 2 atom stereocenters. The van der Waals surface area contributed by atoms with Gasteiger partial charge in [0, 0.05) is 18.6 Å². The van der Waals surface area contributed by atoms with E-state index in [0.717, 1.165) is 17.7 Å². The van der Waals surface area contributed by atoms with Gasteiger partial charge in [0.25, 0.3) is 0 Å². The molecule has 100 valence electrons. The fourth-order valence-electron chi connectivity index (χ4n) is 2.38. The van der Waals surface area contributed by atoms with Crippen LogP contribution in [0.1, 0.15) is 25.0 Å². The maximum atomic E-state index is 10.5. The molecular weight excluding hydrogens is 230 g/mol. The van der Waals surface area contributed by atoms with Crippen LogP contribution < -0.4 is 10.5 Å². The standard InChI is InChI=1S/C14H21NO3/c1-2-18-12-5-3-11(4-6-12)13(16)14(9-15)7-8-17-10-14/h3-6,13,16H,2,7-10,15H2,1H3. The summed E-state index contributed by atoms with van der Waals surface area (Å²) in [4.78, 5) is 0. The van der Waals surface area contributed by atoms with Gasteiger partial charge in [0.15, 0.2) is 0 Å². The maximum absolute atomic E-state index is 10.5. The number of hydrogen-bond acceptors (Lipinski definition) is 4. The number of aliphatic hydroxyl groups excluding tert-OH is 1. The fraction of sp³-hybridized carbons (Fsp3) is 0.571. The molecule has 1 aromatic carbocycles. The number of nitrogens with two attached hydrogens (primary N) is 1. The SMILES string of the molecule is CCOc1ccc(C(O)C2(CN)CCOC2)cc1. The quantitative estimate of drug-likeness (QED) is 0.832. The van der Waals surface area contributed by atoms with Gasteiger partial charge in [0.1, 0.15) is 5.75 Å². The molecule has 1 aliphatic rings. The third-order valence-electron chi connectivity index (χ3n) is 3.63. The van der Waals surface area contributed by atoms with Crippen molar-refractivity contribution in [3.63, 3.8) is 0 Å². The van der Waals surface area contributed by atoms with Gasteiger partial charge in [0.05, 0.1) is 19.3 Å². The summed E-state index contributed by atoms with van der Waals surface area (Å²) >= 11 is 0. The van der Waals surface area contributed by atoms with Gasteiger partial charge in [-0.25, -0.2) is 0 Å². The predicted molar refractivity (Wildman–Crippen MR) is 69.5 cm³/mol. The van der Waals surface area contributed by atoms with E-state index in [9.17, 15) is 5.11 Å². The third kappa shape index (κ3) is 2.51. The van der Waals surface area contributed by atoms with Gasteiger partial charge in [0.2, 0.25) is 0 Å². The molecule has 2 rings (SSSR count). The number of aliphatic hydroxyl groups is 1. The summed E-state index contributed by atoms with van der Waals surface area (Å²) in [6.07, 6.45) is 0.221. The average Bonchev–Trinajstić information content (AvgIpc) is 2.89. The molecule has 0 bridgehead atoms. The Balaban J connectivity index is 2.14. The summed E-state index contributed by atoms with van der Waals surface area (Å²) in [7, 11) is 0. The fourth-order valence-corrected chi connectivity index (χ4v) is 2.38. The summed E-state index contributed by atoms with van der Waals surface area (Å²) in [5.41, 5.74) is 6.35. The lowest BCUT2D eigenvalue weighted by molar-refractivity contribution is 0.0190. The van der Waals surface area contributed by atoms with Crippen LogP contribution in [-0.4, -0.2) is 31.5 Å². The topological polar surface area (TPSA) is 64.7 Å². The van der Waals surface area contributed by atoms with Crippen molar-refractivity contribution >= 4 is 0 Å². The third-order valence-corrected chi connectivity index (χ3v) is 3.63. The second-order valence-corrected chi connectivity index (χ2v) is 4.77. The van der Waals surface area contributed by atoms with Crippen LogP contribution in [0.15, 0.2) is 24.3 Å². The van der Waals surface area contributed by atoms with Gasteiger partial charge in [-0.05, 0) is 31.0 Å². The zero-order valence-electron chi connectivity index (χ0n) is 10.8. The molecule has 3 N–H and O–H groups in total. The van der Waals surface area contributed by atoms with E-state index >= 15 is 0 Å². The lowest BCUT2D eigenvalue weighted by Gasteiger charge is -2.31. The molecule has 2 unspecified atom stereocenters. The number of ether oxygens (including phenoxy) is 2. The first kappa shape index (κ1) is 13.3. The zero-order chi connectivity index (χ0) is 13.0. The molecule has 0 amide bonds. The van der Waals surface area contributed by atoms with Crippen LogP contribution in [0.5, 0.6) is 5.75 Å². The largest absolute Gasteiger partial charge is 0.494 e. The molecule has 0 aliphatic carbocycles. The first-order valence-corrected chi connectivity index (χ1v) is 6.40. The van der Waals surface area contributed by atoms with Crippen molar-refractivity contribution in [2.45, 2.75) is 19.4 Å². The lowest BCUT2D eigenvalue weighted by Crippen LogP contribution is -2.37. The van der Waals surface area contributed by atoms with Gasteiger partial charge in [-0.3, -0.25) is 0 Å². The molecule has 18 heavy (non-hydrogen) atoms. The van der Waals surface area contributed by atoms with E-state index < -0.39 is 6.10 Å². The number of benzene rings is 1. The Morgan fingerprint density at radius 2 is 2.17 bits per heavy atom. The van der Waals surface area contributed by atoms with Gasteiger partial charge in [-0.2, -0.15) is 0 Å². The minimum Gasteiger partial charge on any atom is -0.494 e. The Bertz CT molecular complexity index is 371. The molecule has 1 aromatic rings. The van der Waals surface area contributed by atoms with E-state index in [4.69, 9.17) is 15.2 Å². The Labute approximate surface area is 108 Å². The van der Waals surface area contributed by atoms with Crippen LogP contribution in [0, 0.1) is 5.41 Å². The maximum Gasteiger partial charge on any atom is 0.119 e. The molecular formula is C14H21NO3. The Kier molecular flexibility index (Phi) is 4.22. The molecule has 1 saturated heterocycles. The van der Waals surface area contributed by atoms with Crippen LogP contribution in [0.4, 0.5) is 0 Å². The van der Waals surface area contributed by atoms with Crippen LogP contribution in [0.2, 0.25) is 0 Å². The predicted octanol–water partition coefficient (Wildman–Crippen LogP) is 1.48. The van der Waals surface area contributed by atoms with E-state index in [1.165, 1.54) is 0 Å². The highest BCUT2D eigenvalue weighted by Crippen LogP contribution is 2.40. The molecule has 4 heteroatoms. The molecule has 4 nitrogen and oxygen atoms in total. The first-order chi connectivity index (χ1) is 8.72. The smallest absolute Gasteiger partial charge is 0.119 e. The highest BCUT2D eigenvalue weighted by atomic mass is 16.5. The van der Waals surface area contributed by atoms with E-state index in [-0.39, 0.29) is 5.41 Å². The van der Waals surface area contributed by atoms with E-state index in [2.05, 4.69) is 0 Å². The Hall–Kier alpha value is -1.10. The van der Waals surface area contributed by atoms with E-state index in [1.54, 1.807) is 0 Å². The van der Waals surface area contributed by atoms with Crippen LogP contribution in [0.25, 0.3) is 0 Å². The van der Waals surface area contributed by atoms with Crippen molar-refractivity contribution in [2.75, 3.05) is 26.4 Å².